The Morgan fingerprint density at radius 2 is 2.23 bits per heavy atom. The van der Waals surface area contributed by atoms with Gasteiger partial charge >= 0.3 is 0 Å². The van der Waals surface area contributed by atoms with Crippen molar-refractivity contribution in [3.05, 3.63) is 19.8 Å². The summed E-state index contributed by atoms with van der Waals surface area (Å²) < 4.78 is 1.84. The van der Waals surface area contributed by atoms with Gasteiger partial charge in [0.15, 0.2) is 0 Å². The maximum atomic E-state index is 5.95. The van der Waals surface area contributed by atoms with Gasteiger partial charge in [-0.3, -0.25) is 0 Å². The van der Waals surface area contributed by atoms with Crippen LogP contribution in [0, 0.1) is 0 Å². The van der Waals surface area contributed by atoms with Gasteiger partial charge < -0.3 is 5.32 Å². The van der Waals surface area contributed by atoms with Crippen LogP contribution >= 0.6 is 38.9 Å². The lowest BCUT2D eigenvalue weighted by atomic mass is 10.0. The van der Waals surface area contributed by atoms with E-state index in [1.54, 1.807) is 11.3 Å². The lowest BCUT2D eigenvalue weighted by molar-refractivity contribution is 0.425. The molecule has 1 aromatic heterocycles. The molecule has 0 aliphatic heterocycles. The van der Waals surface area contributed by atoms with E-state index in [4.69, 9.17) is 11.6 Å². The first-order valence-corrected chi connectivity index (χ1v) is 6.06. The van der Waals surface area contributed by atoms with E-state index in [0.717, 1.165) is 15.2 Å². The molecule has 0 aliphatic rings. The first kappa shape index (κ1) is 11.5. The molecule has 0 aromatic carbocycles. The number of nitrogens with one attached hydrogen (secondary N) is 1. The van der Waals surface area contributed by atoms with Crippen LogP contribution in [0.3, 0.4) is 0 Å². The molecule has 4 heteroatoms. The summed E-state index contributed by atoms with van der Waals surface area (Å²) in [6.07, 6.45) is 0.999. The normalized spacial score (nSPS) is 12.1. The van der Waals surface area contributed by atoms with Crippen molar-refractivity contribution >= 4 is 38.9 Å². The van der Waals surface area contributed by atoms with Crippen LogP contribution in [0.4, 0.5) is 0 Å². The third-order valence-corrected chi connectivity index (χ3v) is 4.46. The van der Waals surface area contributed by atoms with Crippen LogP contribution in [0.1, 0.15) is 18.7 Å². The second-order valence-corrected chi connectivity index (χ2v) is 6.24. The number of rotatable bonds is 3. The van der Waals surface area contributed by atoms with Crippen molar-refractivity contribution in [3.8, 4) is 0 Å². The molecule has 0 spiro atoms. The van der Waals surface area contributed by atoms with Gasteiger partial charge in [0, 0.05) is 14.9 Å². The van der Waals surface area contributed by atoms with Crippen LogP contribution in [0.15, 0.2) is 10.5 Å². The van der Waals surface area contributed by atoms with E-state index in [1.807, 2.05) is 7.05 Å². The molecule has 0 unspecified atom stereocenters. The van der Waals surface area contributed by atoms with Crippen LogP contribution in [0.5, 0.6) is 0 Å². The number of hydrogen-bond donors (Lipinski definition) is 1. The molecule has 0 saturated carbocycles. The van der Waals surface area contributed by atoms with Crippen LogP contribution < -0.4 is 5.32 Å². The van der Waals surface area contributed by atoms with Gasteiger partial charge in [0.1, 0.15) is 4.34 Å². The van der Waals surface area contributed by atoms with E-state index in [1.165, 1.54) is 4.88 Å². The second-order valence-electron chi connectivity index (χ2n) is 3.65. The minimum atomic E-state index is 0.133. The predicted molar refractivity (Wildman–Crippen MR) is 63.9 cm³/mol. The highest BCUT2D eigenvalue weighted by Crippen LogP contribution is 2.33. The third-order valence-electron chi connectivity index (χ3n) is 1.99. The van der Waals surface area contributed by atoms with Gasteiger partial charge in [0.25, 0.3) is 0 Å². The second kappa shape index (κ2) is 4.30. The van der Waals surface area contributed by atoms with Gasteiger partial charge in [-0.25, -0.2) is 0 Å². The maximum Gasteiger partial charge on any atom is 0.107 e. The summed E-state index contributed by atoms with van der Waals surface area (Å²) in [7, 11) is 1.98. The summed E-state index contributed by atoms with van der Waals surface area (Å²) in [5, 5.41) is 3.27. The molecule has 1 nitrogen and oxygen atoms in total. The molecule has 0 atom stereocenters. The van der Waals surface area contributed by atoms with Crippen molar-refractivity contribution in [3.63, 3.8) is 0 Å². The molecule has 0 aliphatic carbocycles. The van der Waals surface area contributed by atoms with E-state index >= 15 is 0 Å². The molecule has 0 amide bonds. The zero-order chi connectivity index (χ0) is 10.1. The highest BCUT2D eigenvalue weighted by atomic mass is 79.9. The van der Waals surface area contributed by atoms with Gasteiger partial charge in [-0.15, -0.1) is 11.3 Å². The first-order chi connectivity index (χ1) is 5.94. The van der Waals surface area contributed by atoms with Crippen molar-refractivity contribution in [1.29, 1.82) is 0 Å². The Balaban J connectivity index is 2.75. The number of thiophene rings is 1. The zero-order valence-corrected chi connectivity index (χ0v) is 11.1. The summed E-state index contributed by atoms with van der Waals surface area (Å²) in [6, 6.07) is 2.09. The molecule has 1 N–H and O–H groups in total. The number of likely N-dealkylation sites (N-methyl/N-ethyl adjacent to an activating group) is 1. The Labute approximate surface area is 96.6 Å². The van der Waals surface area contributed by atoms with Crippen LogP contribution in [-0.2, 0) is 6.42 Å². The quantitative estimate of drug-likeness (QED) is 0.891. The highest BCUT2D eigenvalue weighted by molar-refractivity contribution is 9.10. The van der Waals surface area contributed by atoms with Crippen molar-refractivity contribution < 1.29 is 0 Å². The van der Waals surface area contributed by atoms with Gasteiger partial charge in [-0.2, -0.15) is 0 Å². The summed E-state index contributed by atoms with van der Waals surface area (Å²) in [6.45, 7) is 4.35. The SMILES string of the molecule is CNC(C)(C)Cc1cc(Br)c(Cl)s1. The molecule has 0 saturated heterocycles. The van der Waals surface area contributed by atoms with Crippen LogP contribution in [-0.4, -0.2) is 12.6 Å². The van der Waals surface area contributed by atoms with E-state index < -0.39 is 0 Å². The van der Waals surface area contributed by atoms with Gasteiger partial charge in [-0.1, -0.05) is 11.6 Å². The Hall–Kier alpha value is 0.430. The Morgan fingerprint density at radius 1 is 1.62 bits per heavy atom. The molecule has 0 fully saturated rings. The fourth-order valence-electron chi connectivity index (χ4n) is 1.00. The predicted octanol–water partition coefficient (Wildman–Crippen LogP) is 3.70. The maximum absolute atomic E-state index is 5.95. The molecule has 1 rings (SSSR count). The molecular weight excluding hydrogens is 270 g/mol. The third kappa shape index (κ3) is 3.24. The summed E-state index contributed by atoms with van der Waals surface area (Å²) in [5.74, 6) is 0. The lowest BCUT2D eigenvalue weighted by Gasteiger charge is -2.22. The van der Waals surface area contributed by atoms with E-state index in [9.17, 15) is 0 Å². The smallest absolute Gasteiger partial charge is 0.107 e. The molecule has 0 bridgehead atoms. The van der Waals surface area contributed by atoms with Crippen molar-refractivity contribution in [1.82, 2.24) is 5.32 Å². The van der Waals surface area contributed by atoms with Gasteiger partial charge in [-0.05, 0) is 49.3 Å². The van der Waals surface area contributed by atoms with Crippen LogP contribution in [0.2, 0.25) is 4.34 Å². The Bertz CT molecular complexity index is 276. The zero-order valence-electron chi connectivity index (χ0n) is 7.95. The Morgan fingerprint density at radius 3 is 2.62 bits per heavy atom. The fraction of sp³-hybridized carbons (Fsp3) is 0.556. The molecule has 74 valence electrons. The van der Waals surface area contributed by atoms with Gasteiger partial charge in [0.05, 0.1) is 0 Å². The fourth-order valence-corrected chi connectivity index (χ4v) is 3.02. The Kier molecular flexibility index (Phi) is 3.81. The standard InChI is InChI=1S/C9H13BrClNS/c1-9(2,12-3)5-6-4-7(10)8(11)13-6/h4,12H,5H2,1-3H3. The summed E-state index contributed by atoms with van der Waals surface area (Å²) in [4.78, 5) is 1.30. The first-order valence-electron chi connectivity index (χ1n) is 4.07. The van der Waals surface area contributed by atoms with E-state index in [2.05, 4.69) is 41.2 Å². The average molecular weight is 283 g/mol. The topological polar surface area (TPSA) is 12.0 Å². The minimum Gasteiger partial charge on any atom is -0.314 e. The summed E-state index contributed by atoms with van der Waals surface area (Å²) >= 11 is 11.0. The molecule has 1 heterocycles. The van der Waals surface area contributed by atoms with Crippen molar-refractivity contribution in [2.24, 2.45) is 0 Å². The average Bonchev–Trinajstić information content (AvgIpc) is 2.30. The largest absolute Gasteiger partial charge is 0.314 e. The van der Waals surface area contributed by atoms with E-state index in [0.29, 0.717) is 0 Å². The van der Waals surface area contributed by atoms with Crippen molar-refractivity contribution in [2.45, 2.75) is 25.8 Å². The van der Waals surface area contributed by atoms with E-state index in [-0.39, 0.29) is 5.54 Å². The number of halogens is 2. The molecular formula is C9H13BrClNS. The summed E-state index contributed by atoms with van der Waals surface area (Å²) in [5.41, 5.74) is 0.133. The molecule has 13 heavy (non-hydrogen) atoms. The van der Waals surface area contributed by atoms with Gasteiger partial charge in [0.2, 0.25) is 0 Å². The van der Waals surface area contributed by atoms with Crippen LogP contribution in [0.25, 0.3) is 0 Å². The highest BCUT2D eigenvalue weighted by Gasteiger charge is 2.17. The molecule has 0 radical (unpaired) electrons. The van der Waals surface area contributed by atoms with Crippen molar-refractivity contribution in [2.75, 3.05) is 7.05 Å². The lowest BCUT2D eigenvalue weighted by Crippen LogP contribution is -2.38. The monoisotopic (exact) mass is 281 g/mol. The molecule has 1 aromatic rings. The minimum absolute atomic E-state index is 0.133. The number of hydrogen-bond acceptors (Lipinski definition) is 2.